The van der Waals surface area contributed by atoms with Crippen LogP contribution in [-0.2, 0) is 23.8 Å². The van der Waals surface area contributed by atoms with Crippen molar-refractivity contribution in [2.75, 3.05) is 20.3 Å². The first-order valence-corrected chi connectivity index (χ1v) is 7.61. The van der Waals surface area contributed by atoms with Crippen LogP contribution in [0.4, 0.5) is 0 Å². The molecule has 0 saturated carbocycles. The van der Waals surface area contributed by atoms with Crippen molar-refractivity contribution in [3.05, 3.63) is 0 Å². The van der Waals surface area contributed by atoms with Gasteiger partial charge in [-0.1, -0.05) is 0 Å². The molecule has 0 radical (unpaired) electrons. The van der Waals surface area contributed by atoms with Crippen LogP contribution in [0.15, 0.2) is 0 Å². The van der Waals surface area contributed by atoms with Gasteiger partial charge in [-0.3, -0.25) is 4.79 Å². The first kappa shape index (κ1) is 19.0. The molecule has 10 nitrogen and oxygen atoms in total. The van der Waals surface area contributed by atoms with Crippen molar-refractivity contribution in [3.63, 3.8) is 0 Å². The summed E-state index contributed by atoms with van der Waals surface area (Å²) in [7, 11) is 1.21. The molecule has 2 heterocycles. The highest BCUT2D eigenvalue weighted by molar-refractivity contribution is 5.84. The Bertz CT molecular complexity index is 471. The van der Waals surface area contributed by atoms with Crippen molar-refractivity contribution in [3.8, 4) is 0 Å². The average Bonchev–Trinajstić information content (AvgIpc) is 2.98. The minimum Gasteiger partial charge on any atom is -0.467 e. The lowest BCUT2D eigenvalue weighted by Crippen LogP contribution is -2.59. The highest BCUT2D eigenvalue weighted by Crippen LogP contribution is 2.27. The van der Waals surface area contributed by atoms with Crippen LogP contribution in [0.2, 0.25) is 0 Å². The maximum absolute atomic E-state index is 11.8. The van der Waals surface area contributed by atoms with E-state index >= 15 is 0 Å². The van der Waals surface area contributed by atoms with Crippen LogP contribution in [0.1, 0.15) is 13.3 Å². The first-order chi connectivity index (χ1) is 11.3. The average molecular weight is 349 g/mol. The van der Waals surface area contributed by atoms with Crippen LogP contribution in [0, 0.1) is 0 Å². The fourth-order valence-corrected chi connectivity index (χ4v) is 2.97. The third kappa shape index (κ3) is 3.68. The van der Waals surface area contributed by atoms with E-state index in [2.05, 4.69) is 4.74 Å². The summed E-state index contributed by atoms with van der Waals surface area (Å²) in [4.78, 5) is 24.7. The van der Waals surface area contributed by atoms with Gasteiger partial charge in [-0.15, -0.1) is 0 Å². The summed E-state index contributed by atoms with van der Waals surface area (Å²) >= 11 is 0. The SMILES string of the molecule is COC(=O)[C@@H]1C[C@H](O[C@@H]2O[C@H](CO)[C@H](O)[C@H](O)[C@H]2O)CN1C(C)=O. The molecule has 0 spiro atoms. The lowest BCUT2D eigenvalue weighted by Gasteiger charge is -2.40. The highest BCUT2D eigenvalue weighted by atomic mass is 16.7. The molecule has 0 aromatic carbocycles. The second kappa shape index (κ2) is 7.72. The third-order valence-corrected chi connectivity index (χ3v) is 4.32. The maximum atomic E-state index is 11.8. The Morgan fingerprint density at radius 3 is 2.42 bits per heavy atom. The van der Waals surface area contributed by atoms with Crippen molar-refractivity contribution in [2.45, 2.75) is 56.2 Å². The first-order valence-electron chi connectivity index (χ1n) is 7.61. The zero-order valence-corrected chi connectivity index (χ0v) is 13.4. The molecule has 2 aliphatic rings. The van der Waals surface area contributed by atoms with Crippen LogP contribution in [0.25, 0.3) is 0 Å². The van der Waals surface area contributed by atoms with Gasteiger partial charge < -0.3 is 39.5 Å². The van der Waals surface area contributed by atoms with Gasteiger partial charge in [0.05, 0.1) is 19.8 Å². The fourth-order valence-electron chi connectivity index (χ4n) is 2.97. The third-order valence-electron chi connectivity index (χ3n) is 4.32. The standard InChI is InChI=1S/C14H23NO9/c1-6(17)15-4-7(3-8(15)13(21)22-2)23-14-12(20)11(19)10(18)9(5-16)24-14/h7-12,14,16,18-20H,3-5H2,1-2H3/t7-,8-,9+,10-,11-,12+,14+/m0/s1. The number of aliphatic hydroxyl groups excluding tert-OH is 4. The van der Waals surface area contributed by atoms with Gasteiger partial charge in [-0.25, -0.2) is 4.79 Å². The second-order valence-corrected chi connectivity index (χ2v) is 5.90. The van der Waals surface area contributed by atoms with Gasteiger partial charge in [0.25, 0.3) is 0 Å². The Morgan fingerprint density at radius 2 is 1.88 bits per heavy atom. The number of aliphatic hydroxyl groups is 4. The predicted molar refractivity (Wildman–Crippen MR) is 76.4 cm³/mol. The number of methoxy groups -OCH3 is 1. The van der Waals surface area contributed by atoms with Gasteiger partial charge in [0, 0.05) is 19.9 Å². The van der Waals surface area contributed by atoms with Crippen molar-refractivity contribution in [2.24, 2.45) is 0 Å². The molecule has 0 aliphatic carbocycles. The van der Waals surface area contributed by atoms with E-state index in [-0.39, 0.29) is 18.9 Å². The molecule has 10 heteroatoms. The number of hydrogen-bond donors (Lipinski definition) is 4. The Morgan fingerprint density at radius 1 is 1.21 bits per heavy atom. The van der Waals surface area contributed by atoms with Crippen molar-refractivity contribution >= 4 is 11.9 Å². The molecule has 7 atom stereocenters. The van der Waals surface area contributed by atoms with E-state index in [1.807, 2.05) is 0 Å². The molecule has 2 aliphatic heterocycles. The lowest BCUT2D eigenvalue weighted by molar-refractivity contribution is -0.310. The zero-order chi connectivity index (χ0) is 18.0. The Hall–Kier alpha value is -1.30. The molecule has 0 aromatic rings. The van der Waals surface area contributed by atoms with Gasteiger partial charge in [-0.2, -0.15) is 0 Å². The topological polar surface area (TPSA) is 146 Å². The van der Waals surface area contributed by atoms with E-state index < -0.39 is 55.4 Å². The summed E-state index contributed by atoms with van der Waals surface area (Å²) in [5.74, 6) is -0.907. The largest absolute Gasteiger partial charge is 0.467 e. The lowest BCUT2D eigenvalue weighted by atomic mass is 9.99. The van der Waals surface area contributed by atoms with Crippen LogP contribution in [0.5, 0.6) is 0 Å². The predicted octanol–water partition coefficient (Wildman–Crippen LogP) is -3.03. The second-order valence-electron chi connectivity index (χ2n) is 5.90. The Kier molecular flexibility index (Phi) is 6.12. The molecular weight excluding hydrogens is 326 g/mol. The van der Waals surface area contributed by atoms with Gasteiger partial charge in [0.1, 0.15) is 30.5 Å². The summed E-state index contributed by atoms with van der Waals surface area (Å²) in [6.45, 7) is 0.829. The van der Waals surface area contributed by atoms with Gasteiger partial charge in [0.2, 0.25) is 5.91 Å². The fraction of sp³-hybridized carbons (Fsp3) is 0.857. The van der Waals surface area contributed by atoms with Crippen molar-refractivity contribution in [1.82, 2.24) is 4.90 Å². The number of carbonyl (C=O) groups is 2. The van der Waals surface area contributed by atoms with Crippen LogP contribution in [0.3, 0.4) is 0 Å². The number of amides is 1. The molecule has 0 aromatic heterocycles. The summed E-state index contributed by atoms with van der Waals surface area (Å²) < 4.78 is 15.5. The molecule has 1 amide bonds. The number of likely N-dealkylation sites (tertiary alicyclic amines) is 1. The number of rotatable bonds is 4. The molecule has 0 bridgehead atoms. The number of carbonyl (C=O) groups excluding carboxylic acids is 2. The van der Waals surface area contributed by atoms with Crippen molar-refractivity contribution < 1.29 is 44.2 Å². The molecular formula is C14H23NO9. The number of esters is 1. The number of ether oxygens (including phenoxy) is 3. The molecule has 2 rings (SSSR count). The van der Waals surface area contributed by atoms with E-state index in [0.29, 0.717) is 0 Å². The number of hydrogen-bond acceptors (Lipinski definition) is 9. The molecule has 2 fully saturated rings. The minimum atomic E-state index is -1.55. The summed E-state index contributed by atoms with van der Waals surface area (Å²) in [6.07, 6.45) is -7.47. The minimum absolute atomic E-state index is 0.0874. The summed E-state index contributed by atoms with van der Waals surface area (Å²) in [6, 6.07) is -0.803. The van der Waals surface area contributed by atoms with Gasteiger partial charge in [0.15, 0.2) is 6.29 Å². The summed E-state index contributed by atoms with van der Waals surface area (Å²) in [5.41, 5.74) is 0. The molecule has 4 N–H and O–H groups in total. The van der Waals surface area contributed by atoms with E-state index in [1.165, 1.54) is 18.9 Å². The smallest absolute Gasteiger partial charge is 0.328 e. The van der Waals surface area contributed by atoms with Gasteiger partial charge in [-0.05, 0) is 0 Å². The normalized spacial score (nSPS) is 39.8. The molecule has 2 saturated heterocycles. The van der Waals surface area contributed by atoms with E-state index in [0.717, 1.165) is 0 Å². The number of nitrogens with zero attached hydrogens (tertiary/aromatic N) is 1. The van der Waals surface area contributed by atoms with Crippen LogP contribution >= 0.6 is 0 Å². The Balaban J connectivity index is 2.05. The Labute approximate surface area is 138 Å². The van der Waals surface area contributed by atoms with Gasteiger partial charge >= 0.3 is 5.97 Å². The van der Waals surface area contributed by atoms with E-state index in [9.17, 15) is 24.9 Å². The highest BCUT2D eigenvalue weighted by Gasteiger charge is 2.47. The molecule has 0 unspecified atom stereocenters. The monoisotopic (exact) mass is 349 g/mol. The van der Waals surface area contributed by atoms with Crippen LogP contribution < -0.4 is 0 Å². The van der Waals surface area contributed by atoms with Crippen LogP contribution in [-0.4, -0.2) is 100 Å². The van der Waals surface area contributed by atoms with Crippen molar-refractivity contribution in [1.29, 1.82) is 0 Å². The molecule has 138 valence electrons. The zero-order valence-electron chi connectivity index (χ0n) is 13.4. The maximum Gasteiger partial charge on any atom is 0.328 e. The van der Waals surface area contributed by atoms with E-state index in [4.69, 9.17) is 14.6 Å². The summed E-state index contributed by atoms with van der Waals surface area (Å²) in [5, 5.41) is 38.6. The quantitative estimate of drug-likeness (QED) is 0.389. The molecule has 24 heavy (non-hydrogen) atoms. The van der Waals surface area contributed by atoms with E-state index in [1.54, 1.807) is 0 Å².